The summed E-state index contributed by atoms with van der Waals surface area (Å²) in [6.07, 6.45) is 2.15. The van der Waals surface area contributed by atoms with Gasteiger partial charge in [0.25, 0.3) is 11.5 Å². The molecule has 7 heteroatoms. The maximum Gasteiger partial charge on any atom is 0.259 e. The first kappa shape index (κ1) is 18.7. The molecule has 27 heavy (non-hydrogen) atoms. The maximum atomic E-state index is 12.8. The van der Waals surface area contributed by atoms with E-state index in [4.69, 9.17) is 0 Å². The molecular formula is C20H23N3O4. The Labute approximate surface area is 157 Å². The minimum Gasteiger partial charge on any atom is -0.507 e. The predicted molar refractivity (Wildman–Crippen MR) is 100 cm³/mol. The molecule has 0 spiro atoms. The van der Waals surface area contributed by atoms with E-state index in [9.17, 15) is 19.5 Å². The highest BCUT2D eigenvalue weighted by molar-refractivity contribution is 5.97. The monoisotopic (exact) mass is 369 g/mol. The van der Waals surface area contributed by atoms with Crippen molar-refractivity contribution in [3.05, 3.63) is 64.1 Å². The maximum absolute atomic E-state index is 12.8. The number of pyridine rings is 1. The Morgan fingerprint density at radius 1 is 1.26 bits per heavy atom. The summed E-state index contributed by atoms with van der Waals surface area (Å²) in [6, 6.07) is 10.6. The van der Waals surface area contributed by atoms with Gasteiger partial charge in [-0.1, -0.05) is 37.3 Å². The number of nitrogens with zero attached hydrogens (tertiary/aromatic N) is 2. The second-order valence-electron chi connectivity index (χ2n) is 6.67. The van der Waals surface area contributed by atoms with Crippen LogP contribution in [0.2, 0.25) is 0 Å². The van der Waals surface area contributed by atoms with Crippen LogP contribution >= 0.6 is 0 Å². The zero-order valence-electron chi connectivity index (χ0n) is 15.2. The Kier molecular flexibility index (Phi) is 5.59. The molecule has 142 valence electrons. The summed E-state index contributed by atoms with van der Waals surface area (Å²) in [5, 5.41) is 9.94. The van der Waals surface area contributed by atoms with Crippen molar-refractivity contribution in [2.45, 2.75) is 32.4 Å². The third-order valence-electron chi connectivity index (χ3n) is 4.87. The Balaban J connectivity index is 1.81. The highest BCUT2D eigenvalue weighted by Gasteiger charge is 2.31. The van der Waals surface area contributed by atoms with Gasteiger partial charge in [0.15, 0.2) is 0 Å². The van der Waals surface area contributed by atoms with E-state index < -0.39 is 11.5 Å². The SMILES string of the molecule is CCC1CN(C(=O)c2c[nH]c(=O)cc2O)CCC(=O)N1Cc1ccccc1. The lowest BCUT2D eigenvalue weighted by atomic mass is 10.1. The number of amides is 2. The van der Waals surface area contributed by atoms with Crippen molar-refractivity contribution < 1.29 is 14.7 Å². The van der Waals surface area contributed by atoms with Crippen molar-refractivity contribution >= 4 is 11.8 Å². The van der Waals surface area contributed by atoms with Crippen LogP contribution in [0.5, 0.6) is 5.75 Å². The first-order valence-corrected chi connectivity index (χ1v) is 9.04. The highest BCUT2D eigenvalue weighted by Crippen LogP contribution is 2.21. The summed E-state index contributed by atoms with van der Waals surface area (Å²) < 4.78 is 0. The van der Waals surface area contributed by atoms with Crippen molar-refractivity contribution in [2.75, 3.05) is 13.1 Å². The van der Waals surface area contributed by atoms with Crippen LogP contribution in [0.4, 0.5) is 0 Å². The highest BCUT2D eigenvalue weighted by atomic mass is 16.3. The van der Waals surface area contributed by atoms with Crippen LogP contribution in [0.25, 0.3) is 0 Å². The standard InChI is InChI=1S/C20H23N3O4/c1-2-15-13-22(20(27)16-11-21-18(25)10-17(16)24)9-8-19(26)23(15)12-14-6-4-3-5-7-14/h3-7,10-11,15H,2,8-9,12-13H2,1H3,(H2,21,24,25). The first-order chi connectivity index (χ1) is 13.0. The van der Waals surface area contributed by atoms with E-state index >= 15 is 0 Å². The number of carbonyl (C=O) groups excluding carboxylic acids is 2. The van der Waals surface area contributed by atoms with Crippen molar-refractivity contribution in [1.82, 2.24) is 14.8 Å². The molecule has 3 rings (SSSR count). The molecule has 2 N–H and O–H groups in total. The molecule has 1 unspecified atom stereocenters. The average Bonchev–Trinajstić information content (AvgIpc) is 2.82. The molecule has 1 aliphatic rings. The van der Waals surface area contributed by atoms with Gasteiger partial charge < -0.3 is 19.9 Å². The molecule has 2 amide bonds. The average molecular weight is 369 g/mol. The second kappa shape index (κ2) is 8.07. The molecule has 0 saturated carbocycles. The molecule has 1 aromatic heterocycles. The van der Waals surface area contributed by atoms with Crippen molar-refractivity contribution in [2.24, 2.45) is 0 Å². The molecular weight excluding hydrogens is 346 g/mol. The molecule has 1 saturated heterocycles. The number of aromatic nitrogens is 1. The number of H-pyrrole nitrogens is 1. The summed E-state index contributed by atoms with van der Waals surface area (Å²) in [7, 11) is 0. The summed E-state index contributed by atoms with van der Waals surface area (Å²) in [4.78, 5) is 42.6. The molecule has 0 bridgehead atoms. The quantitative estimate of drug-likeness (QED) is 0.858. The van der Waals surface area contributed by atoms with Crippen molar-refractivity contribution in [1.29, 1.82) is 0 Å². The summed E-state index contributed by atoms with van der Waals surface area (Å²) in [5.74, 6) is -0.739. The lowest BCUT2D eigenvalue weighted by Crippen LogP contribution is -2.43. The van der Waals surface area contributed by atoms with E-state index in [1.807, 2.05) is 42.2 Å². The molecule has 1 aliphatic heterocycles. The Hall–Kier alpha value is -3.09. The minimum atomic E-state index is -0.476. The number of rotatable bonds is 4. The van der Waals surface area contributed by atoms with Crippen LogP contribution in [0.1, 0.15) is 35.7 Å². The van der Waals surface area contributed by atoms with Gasteiger partial charge >= 0.3 is 0 Å². The molecule has 1 fully saturated rings. The number of aromatic hydroxyl groups is 1. The van der Waals surface area contributed by atoms with Crippen LogP contribution in [-0.4, -0.2) is 50.8 Å². The molecule has 2 aromatic rings. The molecule has 7 nitrogen and oxygen atoms in total. The van der Waals surface area contributed by atoms with E-state index in [0.29, 0.717) is 19.5 Å². The van der Waals surface area contributed by atoms with E-state index in [2.05, 4.69) is 4.98 Å². The number of nitrogens with one attached hydrogen (secondary N) is 1. The fourth-order valence-electron chi connectivity index (χ4n) is 3.36. The fraction of sp³-hybridized carbons (Fsp3) is 0.350. The van der Waals surface area contributed by atoms with Gasteiger partial charge in [0.2, 0.25) is 5.91 Å². The summed E-state index contributed by atoms with van der Waals surface area (Å²) >= 11 is 0. The predicted octanol–water partition coefficient (Wildman–Crippen LogP) is 1.73. The van der Waals surface area contributed by atoms with Gasteiger partial charge in [-0.3, -0.25) is 14.4 Å². The smallest absolute Gasteiger partial charge is 0.259 e. The zero-order valence-corrected chi connectivity index (χ0v) is 15.2. The first-order valence-electron chi connectivity index (χ1n) is 9.04. The molecule has 2 heterocycles. The molecule has 0 radical (unpaired) electrons. The number of hydrogen-bond acceptors (Lipinski definition) is 4. The van der Waals surface area contributed by atoms with Gasteiger partial charge in [0, 0.05) is 44.4 Å². The van der Waals surface area contributed by atoms with Crippen LogP contribution in [0.15, 0.2) is 47.4 Å². The van der Waals surface area contributed by atoms with E-state index in [1.54, 1.807) is 4.90 Å². The zero-order chi connectivity index (χ0) is 19.4. The van der Waals surface area contributed by atoms with E-state index in [1.165, 1.54) is 6.20 Å². The molecule has 0 aliphatic carbocycles. The number of benzene rings is 1. The van der Waals surface area contributed by atoms with E-state index in [0.717, 1.165) is 11.6 Å². The summed E-state index contributed by atoms with van der Waals surface area (Å²) in [5.41, 5.74) is 0.603. The topological polar surface area (TPSA) is 93.7 Å². The molecule has 1 atom stereocenters. The Morgan fingerprint density at radius 3 is 2.67 bits per heavy atom. The third kappa shape index (κ3) is 4.19. The number of hydrogen-bond donors (Lipinski definition) is 2. The van der Waals surface area contributed by atoms with Crippen LogP contribution < -0.4 is 5.56 Å². The van der Waals surface area contributed by atoms with Crippen molar-refractivity contribution in [3.63, 3.8) is 0 Å². The lowest BCUT2D eigenvalue weighted by Gasteiger charge is -2.31. The second-order valence-corrected chi connectivity index (χ2v) is 6.67. The van der Waals surface area contributed by atoms with Crippen LogP contribution in [0.3, 0.4) is 0 Å². The van der Waals surface area contributed by atoms with Crippen LogP contribution in [0, 0.1) is 0 Å². The third-order valence-corrected chi connectivity index (χ3v) is 4.87. The minimum absolute atomic E-state index is 0.00620. The van der Waals surface area contributed by atoms with Crippen LogP contribution in [-0.2, 0) is 11.3 Å². The number of aromatic amines is 1. The number of carbonyl (C=O) groups is 2. The van der Waals surface area contributed by atoms with Crippen molar-refractivity contribution in [3.8, 4) is 5.75 Å². The van der Waals surface area contributed by atoms with Gasteiger partial charge in [0.1, 0.15) is 5.75 Å². The fourth-order valence-corrected chi connectivity index (χ4v) is 3.36. The van der Waals surface area contributed by atoms with Gasteiger partial charge in [-0.05, 0) is 12.0 Å². The van der Waals surface area contributed by atoms with Gasteiger partial charge in [-0.2, -0.15) is 0 Å². The lowest BCUT2D eigenvalue weighted by molar-refractivity contribution is -0.133. The van der Waals surface area contributed by atoms with Gasteiger partial charge in [0.05, 0.1) is 5.56 Å². The summed E-state index contributed by atoms with van der Waals surface area (Å²) in [6.45, 7) is 3.15. The van der Waals surface area contributed by atoms with E-state index in [-0.39, 0.29) is 36.2 Å². The van der Waals surface area contributed by atoms with Gasteiger partial charge in [-0.15, -0.1) is 0 Å². The molecule has 1 aromatic carbocycles. The largest absolute Gasteiger partial charge is 0.507 e. The van der Waals surface area contributed by atoms with Gasteiger partial charge in [-0.25, -0.2) is 0 Å². The Bertz CT molecular complexity index is 878. The Morgan fingerprint density at radius 2 is 2.00 bits per heavy atom. The normalized spacial score (nSPS) is 17.7.